The van der Waals surface area contributed by atoms with Crippen LogP contribution in [0.3, 0.4) is 0 Å². The molecule has 0 aliphatic carbocycles. The summed E-state index contributed by atoms with van der Waals surface area (Å²) in [5.74, 6) is 0.638. The fourth-order valence-corrected chi connectivity index (χ4v) is 2.93. The van der Waals surface area contributed by atoms with Crippen molar-refractivity contribution >= 4 is 17.5 Å². The zero-order valence-corrected chi connectivity index (χ0v) is 17.3. The number of ether oxygens (including phenoxy) is 2. The summed E-state index contributed by atoms with van der Waals surface area (Å²) < 4.78 is 10.6. The lowest BCUT2D eigenvalue weighted by atomic mass is 10.0. The average Bonchev–Trinajstić information content (AvgIpc) is 2.78. The Kier molecular flexibility index (Phi) is 9.50. The third-order valence-electron chi connectivity index (χ3n) is 4.68. The Labute approximate surface area is 185 Å². The smallest absolute Gasteiger partial charge is 0.410 e. The lowest BCUT2D eigenvalue weighted by Gasteiger charge is -2.32. The average molecular weight is 451 g/mol. The van der Waals surface area contributed by atoms with Gasteiger partial charge in [-0.2, -0.15) is 0 Å². The topological polar surface area (TPSA) is 192 Å². The van der Waals surface area contributed by atoms with Crippen LogP contribution in [0.4, 0.5) is 16.2 Å². The molecule has 4 unspecified atom stereocenters. The SMILES string of the molecule is NC(=O)Oc1cc(N(CCOc2ccccc2)CC(O)C(O)C(O)C(O)CO)ccc1N. The number of para-hydroxylation sites is 1. The van der Waals surface area contributed by atoms with E-state index in [-0.39, 0.29) is 31.1 Å². The van der Waals surface area contributed by atoms with Gasteiger partial charge in [-0.3, -0.25) is 0 Å². The maximum atomic E-state index is 11.1. The van der Waals surface area contributed by atoms with E-state index in [2.05, 4.69) is 0 Å². The monoisotopic (exact) mass is 451 g/mol. The first-order valence-electron chi connectivity index (χ1n) is 9.85. The van der Waals surface area contributed by atoms with Crippen molar-refractivity contribution in [3.63, 3.8) is 0 Å². The quantitative estimate of drug-likeness (QED) is 0.198. The lowest BCUT2D eigenvalue weighted by Crippen LogP contribution is -2.50. The van der Waals surface area contributed by atoms with Gasteiger partial charge < -0.3 is 51.4 Å². The van der Waals surface area contributed by atoms with Crippen LogP contribution in [0.2, 0.25) is 0 Å². The molecule has 2 aromatic carbocycles. The number of carbonyl (C=O) groups is 1. The first-order valence-corrected chi connectivity index (χ1v) is 9.85. The summed E-state index contributed by atoms with van der Waals surface area (Å²) in [7, 11) is 0. The molecule has 32 heavy (non-hydrogen) atoms. The fourth-order valence-electron chi connectivity index (χ4n) is 2.93. The van der Waals surface area contributed by atoms with E-state index >= 15 is 0 Å². The van der Waals surface area contributed by atoms with Gasteiger partial charge in [-0.05, 0) is 24.3 Å². The normalized spacial score (nSPS) is 14.8. The Morgan fingerprint density at radius 1 is 1.00 bits per heavy atom. The van der Waals surface area contributed by atoms with Gasteiger partial charge in [-0.25, -0.2) is 4.79 Å². The van der Waals surface area contributed by atoms with Crippen molar-refractivity contribution in [3.05, 3.63) is 48.5 Å². The van der Waals surface area contributed by atoms with Gasteiger partial charge in [0.15, 0.2) is 5.75 Å². The van der Waals surface area contributed by atoms with Crippen LogP contribution in [0.1, 0.15) is 0 Å². The minimum absolute atomic E-state index is 0.00903. The molecule has 0 saturated carbocycles. The van der Waals surface area contributed by atoms with Crippen molar-refractivity contribution in [3.8, 4) is 11.5 Å². The van der Waals surface area contributed by atoms with Crippen molar-refractivity contribution in [1.82, 2.24) is 0 Å². The Hall–Kier alpha value is -3.09. The molecular formula is C21H29N3O8. The second-order valence-electron chi connectivity index (χ2n) is 7.05. The lowest BCUT2D eigenvalue weighted by molar-refractivity contribution is -0.112. The molecule has 0 heterocycles. The molecule has 0 aliphatic heterocycles. The number of nitrogen functional groups attached to an aromatic ring is 1. The Bertz CT molecular complexity index is 854. The maximum Gasteiger partial charge on any atom is 0.410 e. The Balaban J connectivity index is 2.19. The van der Waals surface area contributed by atoms with Crippen LogP contribution in [0.5, 0.6) is 11.5 Å². The largest absolute Gasteiger partial charge is 0.492 e. The van der Waals surface area contributed by atoms with E-state index in [9.17, 15) is 25.2 Å². The number of hydrogen-bond donors (Lipinski definition) is 7. The van der Waals surface area contributed by atoms with Crippen molar-refractivity contribution in [1.29, 1.82) is 0 Å². The van der Waals surface area contributed by atoms with Gasteiger partial charge >= 0.3 is 6.09 Å². The molecule has 176 valence electrons. The number of carbonyl (C=O) groups excluding carboxylic acids is 1. The fraction of sp³-hybridized carbons (Fsp3) is 0.381. The molecule has 2 rings (SSSR count). The van der Waals surface area contributed by atoms with Crippen LogP contribution in [0.25, 0.3) is 0 Å². The van der Waals surface area contributed by atoms with E-state index < -0.39 is 37.1 Å². The van der Waals surface area contributed by atoms with E-state index in [0.29, 0.717) is 11.4 Å². The molecule has 0 aliphatic rings. The van der Waals surface area contributed by atoms with Crippen molar-refractivity contribution in [2.75, 3.05) is 36.9 Å². The summed E-state index contributed by atoms with van der Waals surface area (Å²) in [5.41, 5.74) is 11.5. The minimum Gasteiger partial charge on any atom is -0.492 e. The summed E-state index contributed by atoms with van der Waals surface area (Å²) in [4.78, 5) is 12.7. The van der Waals surface area contributed by atoms with E-state index in [1.165, 1.54) is 12.1 Å². The molecule has 4 atom stereocenters. The highest BCUT2D eigenvalue weighted by atomic mass is 16.5. The predicted molar refractivity (Wildman–Crippen MR) is 116 cm³/mol. The van der Waals surface area contributed by atoms with Crippen molar-refractivity contribution < 1.29 is 39.8 Å². The number of rotatable bonds is 12. The maximum absolute atomic E-state index is 11.1. The van der Waals surface area contributed by atoms with Gasteiger partial charge in [0.25, 0.3) is 0 Å². The minimum atomic E-state index is -1.77. The number of anilines is 2. The zero-order chi connectivity index (χ0) is 23.7. The molecule has 11 nitrogen and oxygen atoms in total. The predicted octanol–water partition coefficient (Wildman–Crippen LogP) is -0.952. The molecular weight excluding hydrogens is 422 g/mol. The molecule has 0 spiro atoms. The highest BCUT2D eigenvalue weighted by Gasteiger charge is 2.31. The number of hydrogen-bond acceptors (Lipinski definition) is 10. The van der Waals surface area contributed by atoms with Crippen LogP contribution < -0.4 is 25.8 Å². The van der Waals surface area contributed by atoms with Crippen LogP contribution >= 0.6 is 0 Å². The van der Waals surface area contributed by atoms with E-state index in [4.69, 9.17) is 26.0 Å². The summed E-state index contributed by atoms with van der Waals surface area (Å²) in [6.45, 7) is -0.581. The third kappa shape index (κ3) is 7.25. The highest BCUT2D eigenvalue weighted by molar-refractivity contribution is 5.73. The second kappa shape index (κ2) is 12.1. The standard InChI is InChI=1S/C21H29N3O8/c22-15-7-6-13(10-18(15)32-21(23)30)24(8-9-31-14-4-2-1-3-5-14)11-16(26)19(28)20(29)17(27)12-25/h1-7,10,16-17,19-20,25-29H,8-9,11-12,22H2,(H2,23,30). The number of aliphatic hydroxyl groups excluding tert-OH is 5. The molecule has 1 amide bonds. The molecule has 0 radical (unpaired) electrons. The molecule has 0 bridgehead atoms. The molecule has 0 aromatic heterocycles. The Morgan fingerprint density at radius 3 is 2.28 bits per heavy atom. The number of aliphatic hydroxyl groups is 5. The number of primary amides is 1. The van der Waals surface area contributed by atoms with Gasteiger partial charge in [0.05, 0.1) is 24.9 Å². The van der Waals surface area contributed by atoms with Crippen LogP contribution in [-0.4, -0.2) is 82.3 Å². The van der Waals surface area contributed by atoms with E-state index in [0.717, 1.165) is 0 Å². The summed E-state index contributed by atoms with van der Waals surface area (Å²) in [6.07, 6.45) is -7.70. The summed E-state index contributed by atoms with van der Waals surface area (Å²) in [5, 5.41) is 49.0. The first kappa shape index (κ1) is 25.2. The third-order valence-corrected chi connectivity index (χ3v) is 4.68. The second-order valence-corrected chi connectivity index (χ2v) is 7.05. The van der Waals surface area contributed by atoms with E-state index in [1.807, 2.05) is 18.2 Å². The molecule has 2 aromatic rings. The molecule has 0 fully saturated rings. The number of nitrogens with two attached hydrogens (primary N) is 2. The van der Waals surface area contributed by atoms with E-state index in [1.54, 1.807) is 23.1 Å². The van der Waals surface area contributed by atoms with Crippen molar-refractivity contribution in [2.45, 2.75) is 24.4 Å². The Morgan fingerprint density at radius 2 is 1.66 bits per heavy atom. The molecule has 11 heteroatoms. The summed E-state index contributed by atoms with van der Waals surface area (Å²) in [6, 6.07) is 13.5. The van der Waals surface area contributed by atoms with Gasteiger partial charge in [0.1, 0.15) is 30.7 Å². The highest BCUT2D eigenvalue weighted by Crippen LogP contribution is 2.28. The number of amides is 1. The number of nitrogens with zero attached hydrogens (tertiary/aromatic N) is 1. The van der Waals surface area contributed by atoms with Gasteiger partial charge in [-0.1, -0.05) is 18.2 Å². The van der Waals surface area contributed by atoms with Crippen LogP contribution in [0, 0.1) is 0 Å². The number of benzene rings is 2. The van der Waals surface area contributed by atoms with Crippen LogP contribution in [-0.2, 0) is 0 Å². The van der Waals surface area contributed by atoms with Gasteiger partial charge in [-0.15, -0.1) is 0 Å². The summed E-state index contributed by atoms with van der Waals surface area (Å²) >= 11 is 0. The molecule has 9 N–H and O–H groups in total. The molecule has 0 saturated heterocycles. The van der Waals surface area contributed by atoms with Crippen molar-refractivity contribution in [2.24, 2.45) is 5.73 Å². The zero-order valence-electron chi connectivity index (χ0n) is 17.3. The first-order chi connectivity index (χ1) is 15.2. The van der Waals surface area contributed by atoms with Crippen LogP contribution in [0.15, 0.2) is 48.5 Å². The van der Waals surface area contributed by atoms with Gasteiger partial charge in [0.2, 0.25) is 0 Å². The van der Waals surface area contributed by atoms with Gasteiger partial charge in [0, 0.05) is 18.3 Å².